The van der Waals surface area contributed by atoms with Crippen molar-refractivity contribution in [3.63, 3.8) is 0 Å². The number of hydrogen-bond donors (Lipinski definition) is 1. The lowest BCUT2D eigenvalue weighted by Crippen LogP contribution is -2.29. The van der Waals surface area contributed by atoms with Crippen LogP contribution in [-0.2, 0) is 16.1 Å². The summed E-state index contributed by atoms with van der Waals surface area (Å²) in [4.78, 5) is 35.9. The molecule has 1 unspecified atom stereocenters. The van der Waals surface area contributed by atoms with Gasteiger partial charge in [0.1, 0.15) is 11.5 Å². The van der Waals surface area contributed by atoms with E-state index in [2.05, 4.69) is 9.97 Å². The highest BCUT2D eigenvalue weighted by Gasteiger charge is 2.46. The van der Waals surface area contributed by atoms with Gasteiger partial charge in [-0.05, 0) is 55.8 Å². The summed E-state index contributed by atoms with van der Waals surface area (Å²) in [5.74, 6) is -1.11. The van der Waals surface area contributed by atoms with Gasteiger partial charge in [-0.1, -0.05) is 18.2 Å². The Morgan fingerprint density at radius 3 is 2.53 bits per heavy atom. The van der Waals surface area contributed by atoms with Crippen LogP contribution in [0.5, 0.6) is 5.75 Å². The van der Waals surface area contributed by atoms with E-state index in [0.29, 0.717) is 22.6 Å². The number of rotatable bonds is 6. The van der Waals surface area contributed by atoms with Crippen molar-refractivity contribution in [2.24, 2.45) is 0 Å². The summed E-state index contributed by atoms with van der Waals surface area (Å²) in [6.07, 6.45) is 4.77. The second-order valence-electron chi connectivity index (χ2n) is 7.72. The highest BCUT2D eigenvalue weighted by Crippen LogP contribution is 2.40. The molecule has 0 radical (unpaired) electrons. The first-order valence-electron chi connectivity index (χ1n) is 10.3. The highest BCUT2D eigenvalue weighted by molar-refractivity contribution is 6.46. The van der Waals surface area contributed by atoms with Crippen LogP contribution < -0.4 is 4.74 Å². The molecule has 1 aliphatic heterocycles. The fourth-order valence-electron chi connectivity index (χ4n) is 3.75. The minimum Gasteiger partial charge on any atom is -0.507 e. The van der Waals surface area contributed by atoms with Crippen molar-refractivity contribution in [2.45, 2.75) is 32.5 Å². The van der Waals surface area contributed by atoms with E-state index in [1.807, 2.05) is 19.9 Å². The van der Waals surface area contributed by atoms with Gasteiger partial charge in [-0.2, -0.15) is 0 Å². The Labute approximate surface area is 186 Å². The molecule has 4 rings (SSSR count). The van der Waals surface area contributed by atoms with E-state index in [1.165, 1.54) is 4.90 Å². The van der Waals surface area contributed by atoms with Gasteiger partial charge in [-0.15, -0.1) is 0 Å². The summed E-state index contributed by atoms with van der Waals surface area (Å²) < 4.78 is 5.71. The second-order valence-corrected chi connectivity index (χ2v) is 7.72. The Morgan fingerprint density at radius 1 is 1.06 bits per heavy atom. The van der Waals surface area contributed by atoms with Crippen LogP contribution in [0, 0.1) is 0 Å². The van der Waals surface area contributed by atoms with Crippen molar-refractivity contribution in [1.82, 2.24) is 14.9 Å². The molecule has 7 nitrogen and oxygen atoms in total. The lowest BCUT2D eigenvalue weighted by Gasteiger charge is -2.25. The molecular weight excluding hydrogens is 406 g/mol. The normalized spacial score (nSPS) is 17.7. The zero-order valence-corrected chi connectivity index (χ0v) is 17.8. The van der Waals surface area contributed by atoms with Crippen LogP contribution in [-0.4, -0.2) is 37.8 Å². The van der Waals surface area contributed by atoms with Crippen molar-refractivity contribution in [3.05, 3.63) is 95.6 Å². The topological polar surface area (TPSA) is 92.6 Å². The van der Waals surface area contributed by atoms with Crippen LogP contribution in [0.4, 0.5) is 0 Å². The summed E-state index contributed by atoms with van der Waals surface area (Å²) in [6.45, 7) is 3.93. The maximum absolute atomic E-state index is 13.1. The lowest BCUT2D eigenvalue weighted by atomic mass is 9.96. The van der Waals surface area contributed by atoms with Gasteiger partial charge in [0.05, 0.1) is 30.0 Å². The van der Waals surface area contributed by atoms with Crippen LogP contribution in [0.3, 0.4) is 0 Å². The van der Waals surface area contributed by atoms with E-state index in [0.717, 1.165) is 0 Å². The van der Waals surface area contributed by atoms with Gasteiger partial charge >= 0.3 is 0 Å². The number of carbonyl (C=O) groups is 2. The summed E-state index contributed by atoms with van der Waals surface area (Å²) in [5, 5.41) is 11.2. The molecule has 1 amide bonds. The number of ether oxygens (including phenoxy) is 1. The molecular formula is C25H23N3O4. The maximum atomic E-state index is 13.1. The molecule has 0 spiro atoms. The number of ketones is 1. The zero-order chi connectivity index (χ0) is 22.7. The number of hydrogen-bond acceptors (Lipinski definition) is 6. The summed E-state index contributed by atoms with van der Waals surface area (Å²) in [5.41, 5.74) is 1.74. The van der Waals surface area contributed by atoms with Crippen LogP contribution in [0.15, 0.2) is 78.8 Å². The molecule has 1 fully saturated rings. The van der Waals surface area contributed by atoms with Gasteiger partial charge in [0, 0.05) is 24.2 Å². The third-order valence-electron chi connectivity index (χ3n) is 5.10. The molecule has 3 aromatic rings. The molecule has 0 aliphatic carbocycles. The highest BCUT2D eigenvalue weighted by atomic mass is 16.5. The SMILES string of the molecule is CC(C)Oc1cccc(/C(O)=C2/C(=O)C(=O)N(Cc3ccccn3)C2c2ccncc2)c1. The van der Waals surface area contributed by atoms with E-state index in [1.54, 1.807) is 67.1 Å². The minimum atomic E-state index is -0.769. The van der Waals surface area contributed by atoms with Crippen LogP contribution >= 0.6 is 0 Å². The van der Waals surface area contributed by atoms with Gasteiger partial charge < -0.3 is 14.7 Å². The summed E-state index contributed by atoms with van der Waals surface area (Å²) in [6, 6.07) is 14.9. The fraction of sp³-hybridized carbons (Fsp3) is 0.200. The van der Waals surface area contributed by atoms with Gasteiger partial charge in [0.25, 0.3) is 11.7 Å². The van der Waals surface area contributed by atoms with Gasteiger partial charge in [0.15, 0.2) is 0 Å². The van der Waals surface area contributed by atoms with E-state index in [9.17, 15) is 14.7 Å². The first kappa shape index (κ1) is 21.2. The number of nitrogens with zero attached hydrogens (tertiary/aromatic N) is 3. The average Bonchev–Trinajstić information content (AvgIpc) is 3.04. The maximum Gasteiger partial charge on any atom is 0.296 e. The molecule has 0 bridgehead atoms. The van der Waals surface area contributed by atoms with Crippen molar-refractivity contribution in [3.8, 4) is 5.75 Å². The first-order chi connectivity index (χ1) is 15.5. The smallest absolute Gasteiger partial charge is 0.296 e. The summed E-state index contributed by atoms with van der Waals surface area (Å²) >= 11 is 0. The van der Waals surface area contributed by atoms with Crippen molar-refractivity contribution < 1.29 is 19.4 Å². The predicted molar refractivity (Wildman–Crippen MR) is 119 cm³/mol. The molecule has 1 N–H and O–H groups in total. The van der Waals surface area contributed by atoms with Crippen molar-refractivity contribution in [2.75, 3.05) is 0 Å². The average molecular weight is 429 g/mol. The quantitative estimate of drug-likeness (QED) is 0.363. The Hall–Kier alpha value is -4.00. The molecule has 7 heteroatoms. The van der Waals surface area contributed by atoms with Gasteiger partial charge in [0.2, 0.25) is 0 Å². The number of likely N-dealkylation sites (tertiary alicyclic amines) is 1. The van der Waals surface area contributed by atoms with E-state index in [-0.39, 0.29) is 24.0 Å². The monoisotopic (exact) mass is 429 g/mol. The molecule has 0 saturated carbocycles. The molecule has 3 heterocycles. The standard InChI is InChI=1S/C25H23N3O4/c1-16(2)32-20-8-5-6-18(14-20)23(29)21-22(17-9-12-26-13-10-17)28(25(31)24(21)30)15-19-7-3-4-11-27-19/h3-14,16,22,29H,15H2,1-2H3/b23-21-. The van der Waals surface area contributed by atoms with Crippen molar-refractivity contribution >= 4 is 17.4 Å². The third kappa shape index (κ3) is 4.23. The number of aliphatic hydroxyl groups is 1. The second kappa shape index (κ2) is 9.01. The van der Waals surface area contributed by atoms with E-state index < -0.39 is 17.7 Å². The number of aromatic nitrogens is 2. The van der Waals surface area contributed by atoms with E-state index in [4.69, 9.17) is 4.74 Å². The third-order valence-corrected chi connectivity index (χ3v) is 5.10. The van der Waals surface area contributed by atoms with Crippen LogP contribution in [0.2, 0.25) is 0 Å². The molecule has 1 aliphatic rings. The minimum absolute atomic E-state index is 0.0267. The largest absolute Gasteiger partial charge is 0.507 e. The summed E-state index contributed by atoms with van der Waals surface area (Å²) in [7, 11) is 0. The molecule has 1 saturated heterocycles. The Bertz CT molecular complexity index is 1160. The molecule has 1 atom stereocenters. The fourth-order valence-corrected chi connectivity index (χ4v) is 3.75. The number of pyridine rings is 2. The molecule has 2 aromatic heterocycles. The Kier molecular flexibility index (Phi) is 5.98. The number of aliphatic hydroxyl groups excluding tert-OH is 1. The molecule has 32 heavy (non-hydrogen) atoms. The first-order valence-corrected chi connectivity index (χ1v) is 10.3. The Morgan fingerprint density at radius 2 is 1.84 bits per heavy atom. The zero-order valence-electron chi connectivity index (χ0n) is 17.8. The van der Waals surface area contributed by atoms with Crippen LogP contribution in [0.25, 0.3) is 5.76 Å². The number of amides is 1. The Balaban J connectivity index is 1.82. The van der Waals surface area contributed by atoms with Crippen LogP contribution in [0.1, 0.15) is 36.7 Å². The lowest BCUT2D eigenvalue weighted by molar-refractivity contribution is -0.140. The van der Waals surface area contributed by atoms with Crippen molar-refractivity contribution in [1.29, 1.82) is 0 Å². The number of benzene rings is 1. The van der Waals surface area contributed by atoms with Gasteiger partial charge in [-0.25, -0.2) is 0 Å². The number of carbonyl (C=O) groups excluding carboxylic acids is 2. The van der Waals surface area contributed by atoms with E-state index >= 15 is 0 Å². The predicted octanol–water partition coefficient (Wildman–Crippen LogP) is 3.89. The van der Waals surface area contributed by atoms with Gasteiger partial charge in [-0.3, -0.25) is 19.6 Å². The number of Topliss-reactive ketones (excluding diaryl/α,β-unsaturated/α-hetero) is 1. The molecule has 162 valence electrons. The molecule has 1 aromatic carbocycles.